The smallest absolute Gasteiger partial charge is 0.183 e. The third-order valence-electron chi connectivity index (χ3n) is 2.47. The first-order chi connectivity index (χ1) is 7.63. The summed E-state index contributed by atoms with van der Waals surface area (Å²) >= 11 is 3.35. The molecular weight excluding hydrogens is 268 g/mol. The third kappa shape index (κ3) is 1.80. The van der Waals surface area contributed by atoms with Crippen LogP contribution in [0, 0.1) is 18.3 Å². The highest BCUT2D eigenvalue weighted by Gasteiger charge is 2.11. The molecule has 1 aromatic heterocycles. The zero-order valence-electron chi connectivity index (χ0n) is 8.61. The lowest BCUT2D eigenvalue weighted by Crippen LogP contribution is -1.98. The number of hydrogen-bond donors (Lipinski definition) is 1. The van der Waals surface area contributed by atoms with Gasteiger partial charge in [-0.2, -0.15) is 5.26 Å². The maximum atomic E-state index is 9.46. The average molecular weight is 277 g/mol. The first kappa shape index (κ1) is 11.1. The Kier molecular flexibility index (Phi) is 2.90. The van der Waals surface area contributed by atoms with Crippen LogP contribution in [-0.4, -0.2) is 10.1 Å². The summed E-state index contributed by atoms with van der Waals surface area (Å²) in [4.78, 5) is 4.16. The number of aryl methyl sites for hydroxylation is 1. The molecule has 4 heteroatoms. The molecule has 16 heavy (non-hydrogen) atoms. The fourth-order valence-electron chi connectivity index (χ4n) is 1.61. The molecule has 0 saturated carbocycles. The monoisotopic (exact) mass is 276 g/mol. The highest BCUT2D eigenvalue weighted by atomic mass is 79.9. The summed E-state index contributed by atoms with van der Waals surface area (Å²) in [5.41, 5.74) is 1.46. The van der Waals surface area contributed by atoms with Crippen LogP contribution in [0.5, 0.6) is 0 Å². The van der Waals surface area contributed by atoms with Gasteiger partial charge in [-0.15, -0.1) is 0 Å². The number of aromatic nitrogens is 1. The molecule has 0 bridgehead atoms. The van der Waals surface area contributed by atoms with Crippen molar-refractivity contribution in [2.24, 2.45) is 0 Å². The minimum absolute atomic E-state index is 0.371. The van der Waals surface area contributed by atoms with Crippen LogP contribution in [-0.2, 0) is 0 Å². The Morgan fingerprint density at radius 2 is 2.19 bits per heavy atom. The predicted molar refractivity (Wildman–Crippen MR) is 64.8 cm³/mol. The van der Waals surface area contributed by atoms with Crippen molar-refractivity contribution in [1.82, 2.24) is 4.98 Å². The average Bonchev–Trinajstić information content (AvgIpc) is 2.29. The van der Waals surface area contributed by atoms with Crippen molar-refractivity contribution in [1.29, 1.82) is 5.26 Å². The summed E-state index contributed by atoms with van der Waals surface area (Å²) in [5.74, 6) is 0. The molecule has 0 fully saturated rings. The molecule has 1 unspecified atom stereocenters. The second kappa shape index (κ2) is 4.20. The number of pyridine rings is 1. The molecule has 0 aliphatic carbocycles. The highest BCUT2D eigenvalue weighted by Crippen LogP contribution is 2.27. The van der Waals surface area contributed by atoms with Crippen LogP contribution in [0.3, 0.4) is 0 Å². The Hall–Kier alpha value is -1.44. The molecule has 2 aromatic rings. The summed E-state index contributed by atoms with van der Waals surface area (Å²) in [6, 6.07) is 9.40. The van der Waals surface area contributed by atoms with Crippen LogP contribution in [0.1, 0.15) is 17.4 Å². The Bertz CT molecular complexity index is 589. The van der Waals surface area contributed by atoms with E-state index in [-0.39, 0.29) is 0 Å². The number of fused-ring (bicyclic) bond motifs is 1. The van der Waals surface area contributed by atoms with E-state index in [4.69, 9.17) is 5.26 Å². The Morgan fingerprint density at radius 3 is 2.88 bits per heavy atom. The molecule has 0 amide bonds. The van der Waals surface area contributed by atoms with Crippen molar-refractivity contribution < 1.29 is 5.11 Å². The van der Waals surface area contributed by atoms with Gasteiger partial charge in [0.05, 0.1) is 5.69 Å². The Morgan fingerprint density at radius 1 is 1.44 bits per heavy atom. The molecule has 1 aromatic carbocycles. The minimum Gasteiger partial charge on any atom is -0.373 e. The number of aliphatic hydroxyl groups is 1. The zero-order valence-corrected chi connectivity index (χ0v) is 10.2. The van der Waals surface area contributed by atoms with Gasteiger partial charge in [-0.05, 0) is 39.9 Å². The molecule has 3 nitrogen and oxygen atoms in total. The third-order valence-corrected chi connectivity index (χ3v) is 3.07. The van der Waals surface area contributed by atoms with E-state index in [0.717, 1.165) is 16.3 Å². The number of halogens is 1. The fraction of sp³-hybridized carbons (Fsp3) is 0.167. The van der Waals surface area contributed by atoms with Gasteiger partial charge in [0.15, 0.2) is 6.10 Å². The van der Waals surface area contributed by atoms with Crippen LogP contribution in [0.2, 0.25) is 0 Å². The summed E-state index contributed by atoms with van der Waals surface area (Å²) in [6.45, 7) is 1.98. The standard InChI is InChI=1S/C12H9BrN2O/c1-7-3-2-4-8-9(7)5-10(11(16)6-14)15-12(8)13/h2-5,11,16H,1H3. The number of nitriles is 1. The number of rotatable bonds is 1. The van der Waals surface area contributed by atoms with Gasteiger partial charge in [0.2, 0.25) is 0 Å². The molecule has 1 heterocycles. The molecular formula is C12H9BrN2O. The number of hydrogen-bond acceptors (Lipinski definition) is 3. The van der Waals surface area contributed by atoms with Crippen molar-refractivity contribution in [3.05, 3.63) is 40.1 Å². The molecule has 80 valence electrons. The van der Waals surface area contributed by atoms with E-state index in [1.54, 1.807) is 12.1 Å². The molecule has 0 spiro atoms. The summed E-state index contributed by atoms with van der Waals surface area (Å²) in [7, 11) is 0. The first-order valence-electron chi connectivity index (χ1n) is 4.77. The van der Waals surface area contributed by atoms with E-state index in [0.29, 0.717) is 10.3 Å². The van der Waals surface area contributed by atoms with Crippen molar-refractivity contribution in [3.8, 4) is 6.07 Å². The second-order valence-electron chi connectivity index (χ2n) is 3.54. The van der Waals surface area contributed by atoms with Crippen LogP contribution in [0.15, 0.2) is 28.9 Å². The number of benzene rings is 1. The molecule has 0 aliphatic heterocycles. The minimum atomic E-state index is -1.18. The van der Waals surface area contributed by atoms with E-state index in [1.165, 1.54) is 0 Å². The SMILES string of the molecule is Cc1cccc2c(Br)nc(C(O)C#N)cc12. The maximum absolute atomic E-state index is 9.46. The topological polar surface area (TPSA) is 56.9 Å². The lowest BCUT2D eigenvalue weighted by Gasteiger charge is -2.07. The molecule has 0 aliphatic rings. The molecule has 2 rings (SSSR count). The maximum Gasteiger partial charge on any atom is 0.183 e. The van der Waals surface area contributed by atoms with E-state index < -0.39 is 6.10 Å². The van der Waals surface area contributed by atoms with Gasteiger partial charge in [0, 0.05) is 5.39 Å². The fourth-order valence-corrected chi connectivity index (χ4v) is 2.16. The largest absolute Gasteiger partial charge is 0.373 e. The summed E-state index contributed by atoms with van der Waals surface area (Å²) in [6.07, 6.45) is -1.18. The first-order valence-corrected chi connectivity index (χ1v) is 5.56. The van der Waals surface area contributed by atoms with Gasteiger partial charge < -0.3 is 5.11 Å². The van der Waals surface area contributed by atoms with Gasteiger partial charge in [-0.3, -0.25) is 0 Å². The predicted octanol–water partition coefficient (Wildman–Crippen LogP) is 2.86. The van der Waals surface area contributed by atoms with Crippen molar-refractivity contribution in [2.45, 2.75) is 13.0 Å². The Labute approximate surface area is 101 Å². The number of aliphatic hydroxyl groups excluding tert-OH is 1. The quantitative estimate of drug-likeness (QED) is 0.644. The van der Waals surface area contributed by atoms with E-state index >= 15 is 0 Å². The van der Waals surface area contributed by atoms with E-state index in [2.05, 4.69) is 20.9 Å². The van der Waals surface area contributed by atoms with Crippen LogP contribution in [0.25, 0.3) is 10.8 Å². The van der Waals surface area contributed by atoms with Crippen LogP contribution >= 0.6 is 15.9 Å². The van der Waals surface area contributed by atoms with Gasteiger partial charge >= 0.3 is 0 Å². The summed E-state index contributed by atoms with van der Waals surface area (Å²) < 4.78 is 0.651. The van der Waals surface area contributed by atoms with E-state index in [9.17, 15) is 5.11 Å². The van der Waals surface area contributed by atoms with Gasteiger partial charge in [-0.25, -0.2) is 4.98 Å². The van der Waals surface area contributed by atoms with Crippen molar-refractivity contribution in [3.63, 3.8) is 0 Å². The molecule has 0 radical (unpaired) electrons. The van der Waals surface area contributed by atoms with Crippen molar-refractivity contribution >= 4 is 26.7 Å². The number of nitrogens with zero attached hydrogens (tertiary/aromatic N) is 2. The van der Waals surface area contributed by atoms with Gasteiger partial charge in [0.25, 0.3) is 0 Å². The highest BCUT2D eigenvalue weighted by molar-refractivity contribution is 9.10. The van der Waals surface area contributed by atoms with Crippen LogP contribution in [0.4, 0.5) is 0 Å². The molecule has 1 N–H and O–H groups in total. The van der Waals surface area contributed by atoms with Gasteiger partial charge in [-0.1, -0.05) is 18.2 Å². The van der Waals surface area contributed by atoms with Crippen molar-refractivity contribution in [2.75, 3.05) is 0 Å². The second-order valence-corrected chi connectivity index (χ2v) is 4.29. The van der Waals surface area contributed by atoms with Gasteiger partial charge in [0.1, 0.15) is 10.7 Å². The van der Waals surface area contributed by atoms with Crippen LogP contribution < -0.4 is 0 Å². The summed E-state index contributed by atoms with van der Waals surface area (Å²) in [5, 5.41) is 20.1. The zero-order chi connectivity index (χ0) is 11.7. The lowest BCUT2D eigenvalue weighted by atomic mass is 10.1. The normalized spacial score (nSPS) is 12.4. The van der Waals surface area contributed by atoms with E-state index in [1.807, 2.05) is 25.1 Å². The molecule has 0 saturated heterocycles. The Balaban J connectivity index is 2.76. The molecule has 1 atom stereocenters. The lowest BCUT2D eigenvalue weighted by molar-refractivity contribution is 0.231.